The SMILES string of the molecule is COc1cc(F)cc(C(C)NC2CCCC2)c1.CSNCCNC(=O)c1ccccc1. The molecule has 0 aliphatic heterocycles. The summed E-state index contributed by atoms with van der Waals surface area (Å²) in [6.45, 7) is 3.50. The topological polar surface area (TPSA) is 62.4 Å². The van der Waals surface area contributed by atoms with Gasteiger partial charge in [0.1, 0.15) is 11.6 Å². The molecule has 31 heavy (non-hydrogen) atoms. The Kier molecular flexibility index (Phi) is 11.4. The lowest BCUT2D eigenvalue weighted by Gasteiger charge is -2.20. The molecule has 1 unspecified atom stereocenters. The summed E-state index contributed by atoms with van der Waals surface area (Å²) in [6, 6.07) is 14.9. The zero-order valence-corrected chi connectivity index (χ0v) is 19.4. The Morgan fingerprint density at radius 3 is 2.52 bits per heavy atom. The van der Waals surface area contributed by atoms with Gasteiger partial charge in [-0.25, -0.2) is 4.39 Å². The minimum absolute atomic E-state index is 0.0199. The molecule has 1 saturated carbocycles. The van der Waals surface area contributed by atoms with Crippen molar-refractivity contribution in [3.63, 3.8) is 0 Å². The third-order valence-electron chi connectivity index (χ3n) is 5.16. The maximum absolute atomic E-state index is 13.4. The van der Waals surface area contributed by atoms with E-state index in [0.29, 0.717) is 23.9 Å². The quantitative estimate of drug-likeness (QED) is 0.384. The molecule has 5 nitrogen and oxygen atoms in total. The number of amides is 1. The van der Waals surface area contributed by atoms with Crippen LogP contribution in [0.2, 0.25) is 0 Å². The molecule has 1 amide bonds. The van der Waals surface area contributed by atoms with Crippen LogP contribution in [0.4, 0.5) is 4.39 Å². The van der Waals surface area contributed by atoms with E-state index in [0.717, 1.165) is 12.1 Å². The summed E-state index contributed by atoms with van der Waals surface area (Å²) in [5.74, 6) is 0.327. The summed E-state index contributed by atoms with van der Waals surface area (Å²) in [4.78, 5) is 11.5. The lowest BCUT2D eigenvalue weighted by molar-refractivity contribution is 0.0954. The van der Waals surface area contributed by atoms with Crippen molar-refractivity contribution in [1.82, 2.24) is 15.4 Å². The normalized spacial score (nSPS) is 14.5. The van der Waals surface area contributed by atoms with Gasteiger partial charge in [0.15, 0.2) is 0 Å². The summed E-state index contributed by atoms with van der Waals surface area (Å²) < 4.78 is 21.5. The van der Waals surface area contributed by atoms with Crippen molar-refractivity contribution in [2.24, 2.45) is 0 Å². The molecular weight excluding hydrogens is 413 g/mol. The highest BCUT2D eigenvalue weighted by Crippen LogP contribution is 2.25. The Morgan fingerprint density at radius 2 is 1.87 bits per heavy atom. The van der Waals surface area contributed by atoms with Crippen LogP contribution >= 0.6 is 11.9 Å². The molecule has 1 aliphatic rings. The fourth-order valence-electron chi connectivity index (χ4n) is 3.52. The number of hydrogen-bond donors (Lipinski definition) is 3. The van der Waals surface area contributed by atoms with Gasteiger partial charge in [0.05, 0.1) is 7.11 Å². The Hall–Kier alpha value is -2.09. The van der Waals surface area contributed by atoms with E-state index in [-0.39, 0.29) is 17.8 Å². The number of ether oxygens (including phenoxy) is 1. The van der Waals surface area contributed by atoms with E-state index in [1.807, 2.05) is 30.5 Å². The third kappa shape index (κ3) is 9.29. The fraction of sp³-hybridized carbons (Fsp3) is 0.458. The highest BCUT2D eigenvalue weighted by Gasteiger charge is 2.18. The van der Waals surface area contributed by atoms with Crippen LogP contribution in [0.1, 0.15) is 54.6 Å². The van der Waals surface area contributed by atoms with E-state index >= 15 is 0 Å². The molecule has 7 heteroatoms. The van der Waals surface area contributed by atoms with Crippen LogP contribution < -0.4 is 20.1 Å². The van der Waals surface area contributed by atoms with Crippen molar-refractivity contribution >= 4 is 17.9 Å². The highest BCUT2D eigenvalue weighted by atomic mass is 32.2. The molecule has 1 aliphatic carbocycles. The van der Waals surface area contributed by atoms with Crippen molar-refractivity contribution in [3.8, 4) is 5.75 Å². The van der Waals surface area contributed by atoms with E-state index in [1.54, 1.807) is 37.3 Å². The van der Waals surface area contributed by atoms with Gasteiger partial charge in [-0.1, -0.05) is 43.0 Å². The second-order valence-electron chi connectivity index (χ2n) is 7.51. The molecule has 0 saturated heterocycles. The Morgan fingerprint density at radius 1 is 1.16 bits per heavy atom. The molecular formula is C24H34FN3O2S. The van der Waals surface area contributed by atoms with Crippen LogP contribution in [-0.2, 0) is 0 Å². The number of methoxy groups -OCH3 is 1. The summed E-state index contributed by atoms with van der Waals surface area (Å²) in [5, 5.41) is 6.37. The van der Waals surface area contributed by atoms with Crippen LogP contribution in [0.25, 0.3) is 0 Å². The number of hydrogen-bond acceptors (Lipinski definition) is 5. The minimum atomic E-state index is -0.237. The van der Waals surface area contributed by atoms with Gasteiger partial charge in [-0.05, 0) is 55.9 Å². The molecule has 1 atom stereocenters. The van der Waals surface area contributed by atoms with Crippen LogP contribution in [0.5, 0.6) is 5.75 Å². The Labute approximate surface area is 189 Å². The number of carbonyl (C=O) groups excluding carboxylic acids is 1. The summed E-state index contributed by atoms with van der Waals surface area (Å²) in [6.07, 6.45) is 7.03. The second-order valence-corrected chi connectivity index (χ2v) is 8.21. The van der Waals surface area contributed by atoms with Crippen molar-refractivity contribution in [2.45, 2.75) is 44.7 Å². The van der Waals surface area contributed by atoms with E-state index in [1.165, 1.54) is 31.7 Å². The molecule has 2 aromatic carbocycles. The first kappa shape index (κ1) is 25.2. The Balaban J connectivity index is 0.000000225. The Bertz CT molecular complexity index is 786. The smallest absolute Gasteiger partial charge is 0.251 e. The lowest BCUT2D eigenvalue weighted by atomic mass is 10.1. The largest absolute Gasteiger partial charge is 0.497 e. The number of benzene rings is 2. The first-order valence-electron chi connectivity index (χ1n) is 10.7. The molecule has 170 valence electrons. The van der Waals surface area contributed by atoms with Crippen molar-refractivity contribution < 1.29 is 13.9 Å². The molecule has 2 aromatic rings. The zero-order valence-electron chi connectivity index (χ0n) is 18.6. The van der Waals surface area contributed by atoms with E-state index in [2.05, 4.69) is 22.3 Å². The number of carbonyl (C=O) groups is 1. The van der Waals surface area contributed by atoms with Gasteiger partial charge >= 0.3 is 0 Å². The van der Waals surface area contributed by atoms with Crippen LogP contribution in [0.15, 0.2) is 48.5 Å². The molecule has 0 radical (unpaired) electrons. The maximum Gasteiger partial charge on any atom is 0.251 e. The van der Waals surface area contributed by atoms with Gasteiger partial charge in [-0.3, -0.25) is 9.52 Å². The maximum atomic E-state index is 13.4. The monoisotopic (exact) mass is 447 g/mol. The molecule has 1 fully saturated rings. The minimum Gasteiger partial charge on any atom is -0.497 e. The van der Waals surface area contributed by atoms with E-state index in [4.69, 9.17) is 4.74 Å². The van der Waals surface area contributed by atoms with Gasteiger partial charge in [0.25, 0.3) is 5.91 Å². The second kappa shape index (κ2) is 14.1. The highest BCUT2D eigenvalue weighted by molar-refractivity contribution is 7.96. The van der Waals surface area contributed by atoms with Crippen molar-refractivity contribution in [1.29, 1.82) is 0 Å². The molecule has 3 N–H and O–H groups in total. The average Bonchev–Trinajstić information content (AvgIpc) is 3.30. The summed E-state index contributed by atoms with van der Waals surface area (Å²) >= 11 is 1.55. The van der Waals surface area contributed by atoms with Gasteiger partial charge < -0.3 is 15.4 Å². The zero-order chi connectivity index (χ0) is 22.5. The standard InChI is InChI=1S/C14H20FNO.C10H14N2OS/c1-10(16-13-5-3-4-6-13)11-7-12(15)9-14(8-11)17-2;1-14-12-8-7-11-10(13)9-5-3-2-4-6-9/h7-10,13,16H,3-6H2,1-2H3;2-6,12H,7-8H2,1H3,(H,11,13). The van der Waals surface area contributed by atoms with Gasteiger partial charge in [0.2, 0.25) is 0 Å². The average molecular weight is 448 g/mol. The molecule has 0 bridgehead atoms. The predicted octanol–water partition coefficient (Wildman–Crippen LogP) is 4.71. The molecule has 3 rings (SSSR count). The van der Waals surface area contributed by atoms with Crippen molar-refractivity contribution in [2.75, 3.05) is 26.5 Å². The molecule has 0 spiro atoms. The molecule has 0 heterocycles. The first-order valence-corrected chi connectivity index (χ1v) is 12.0. The number of nitrogens with one attached hydrogen (secondary N) is 3. The van der Waals surface area contributed by atoms with E-state index < -0.39 is 0 Å². The summed E-state index contributed by atoms with van der Waals surface area (Å²) in [5.41, 5.74) is 1.66. The fourth-order valence-corrected chi connectivity index (χ4v) is 3.82. The van der Waals surface area contributed by atoms with Gasteiger partial charge in [0, 0.05) is 36.8 Å². The van der Waals surface area contributed by atoms with Gasteiger partial charge in [-0.2, -0.15) is 0 Å². The number of halogens is 1. The number of rotatable bonds is 9. The van der Waals surface area contributed by atoms with Crippen LogP contribution in [0.3, 0.4) is 0 Å². The summed E-state index contributed by atoms with van der Waals surface area (Å²) in [7, 11) is 1.56. The van der Waals surface area contributed by atoms with Gasteiger partial charge in [-0.15, -0.1) is 0 Å². The van der Waals surface area contributed by atoms with E-state index in [9.17, 15) is 9.18 Å². The lowest BCUT2D eigenvalue weighted by Crippen LogP contribution is -2.29. The van der Waals surface area contributed by atoms with Crippen LogP contribution in [-0.4, -0.2) is 38.4 Å². The molecule has 0 aromatic heterocycles. The van der Waals surface area contributed by atoms with Crippen molar-refractivity contribution in [3.05, 3.63) is 65.5 Å². The first-order chi connectivity index (χ1) is 15.0. The predicted molar refractivity (Wildman–Crippen MR) is 127 cm³/mol. The third-order valence-corrected chi connectivity index (χ3v) is 5.66. The van der Waals surface area contributed by atoms with Crippen LogP contribution in [0, 0.1) is 5.82 Å².